The molecule has 2 aliphatic rings. The van der Waals surface area contributed by atoms with E-state index < -0.39 is 0 Å². The maximum absolute atomic E-state index is 12.0. The molecule has 2 aliphatic heterocycles. The zero-order chi connectivity index (χ0) is 9.80. The van der Waals surface area contributed by atoms with E-state index in [1.54, 1.807) is 0 Å². The molecule has 0 radical (unpaired) electrons. The van der Waals surface area contributed by atoms with Crippen molar-refractivity contribution in [1.29, 1.82) is 0 Å². The molecule has 1 atom stereocenters. The summed E-state index contributed by atoms with van der Waals surface area (Å²) in [6.07, 6.45) is 5.94. The molecule has 0 spiro atoms. The fourth-order valence-corrected chi connectivity index (χ4v) is 2.44. The van der Waals surface area contributed by atoms with Gasteiger partial charge in [-0.05, 0) is 38.6 Å². The van der Waals surface area contributed by atoms with E-state index in [4.69, 9.17) is 0 Å². The van der Waals surface area contributed by atoms with Gasteiger partial charge in [-0.1, -0.05) is 0 Å². The third kappa shape index (κ3) is 3.35. The Hall–Kier alpha value is -0.280. The van der Waals surface area contributed by atoms with Crippen LogP contribution in [0.15, 0.2) is 0 Å². The van der Waals surface area contributed by atoms with Crippen LogP contribution in [-0.2, 0) is 4.79 Å². The fraction of sp³-hybridized carbons (Fsp3) is 0.909. The van der Waals surface area contributed by atoms with E-state index >= 15 is 0 Å². The Morgan fingerprint density at radius 3 is 2.47 bits per heavy atom. The van der Waals surface area contributed by atoms with Crippen LogP contribution in [0.5, 0.6) is 0 Å². The Morgan fingerprint density at radius 2 is 1.87 bits per heavy atom. The van der Waals surface area contributed by atoms with Crippen molar-refractivity contribution < 1.29 is 4.79 Å². The zero-order valence-corrected chi connectivity index (χ0v) is 10.0. The molecule has 2 fully saturated rings. The summed E-state index contributed by atoms with van der Waals surface area (Å²) >= 11 is 0. The minimum atomic E-state index is 0. The van der Waals surface area contributed by atoms with E-state index in [0.717, 1.165) is 39.0 Å². The van der Waals surface area contributed by atoms with Gasteiger partial charge in [-0.15, -0.1) is 12.4 Å². The quantitative estimate of drug-likeness (QED) is 0.742. The zero-order valence-electron chi connectivity index (χ0n) is 9.21. The Labute approximate surface area is 98.0 Å². The number of carbonyl (C=O) groups is 1. The number of hydrogen-bond acceptors (Lipinski definition) is 2. The van der Waals surface area contributed by atoms with Crippen LogP contribution in [0.25, 0.3) is 0 Å². The van der Waals surface area contributed by atoms with Crippen molar-refractivity contribution >= 4 is 18.3 Å². The lowest BCUT2D eigenvalue weighted by molar-refractivity contribution is -0.136. The van der Waals surface area contributed by atoms with E-state index in [2.05, 4.69) is 10.2 Å². The molecular weight excluding hydrogens is 212 g/mol. The van der Waals surface area contributed by atoms with Crippen LogP contribution in [0.2, 0.25) is 0 Å². The van der Waals surface area contributed by atoms with E-state index in [-0.39, 0.29) is 18.3 Å². The molecule has 0 bridgehead atoms. The summed E-state index contributed by atoms with van der Waals surface area (Å²) in [5.41, 5.74) is 0. The molecule has 0 saturated carbocycles. The summed E-state index contributed by atoms with van der Waals surface area (Å²) in [5, 5.41) is 3.31. The molecule has 88 valence electrons. The second kappa shape index (κ2) is 6.33. The maximum Gasteiger partial charge on any atom is 0.226 e. The Morgan fingerprint density at radius 1 is 1.13 bits per heavy atom. The first-order valence-electron chi connectivity index (χ1n) is 5.87. The molecular formula is C11H21ClN2O. The van der Waals surface area contributed by atoms with Gasteiger partial charge in [-0.3, -0.25) is 4.79 Å². The van der Waals surface area contributed by atoms with Gasteiger partial charge in [-0.2, -0.15) is 0 Å². The van der Waals surface area contributed by atoms with Crippen LogP contribution in [0, 0.1) is 5.92 Å². The monoisotopic (exact) mass is 232 g/mol. The average molecular weight is 233 g/mol. The third-order valence-electron chi connectivity index (χ3n) is 3.31. The normalized spacial score (nSPS) is 26.9. The van der Waals surface area contributed by atoms with E-state index in [9.17, 15) is 4.79 Å². The first-order valence-corrected chi connectivity index (χ1v) is 5.87. The summed E-state index contributed by atoms with van der Waals surface area (Å²) in [4.78, 5) is 14.1. The van der Waals surface area contributed by atoms with Crippen LogP contribution in [-0.4, -0.2) is 37.0 Å². The third-order valence-corrected chi connectivity index (χ3v) is 3.31. The van der Waals surface area contributed by atoms with E-state index in [1.807, 2.05) is 0 Å². The number of nitrogens with one attached hydrogen (secondary N) is 1. The highest BCUT2D eigenvalue weighted by Gasteiger charge is 2.26. The summed E-state index contributed by atoms with van der Waals surface area (Å²) < 4.78 is 0. The molecule has 2 heterocycles. The van der Waals surface area contributed by atoms with Gasteiger partial charge in [0.05, 0.1) is 5.92 Å². The topological polar surface area (TPSA) is 32.3 Å². The molecule has 1 N–H and O–H groups in total. The van der Waals surface area contributed by atoms with Crippen molar-refractivity contribution in [2.24, 2.45) is 5.92 Å². The molecule has 1 amide bonds. The fourth-order valence-electron chi connectivity index (χ4n) is 2.44. The highest BCUT2D eigenvalue weighted by atomic mass is 35.5. The number of piperidine rings is 2. The van der Waals surface area contributed by atoms with Crippen LogP contribution < -0.4 is 5.32 Å². The van der Waals surface area contributed by atoms with Gasteiger partial charge in [0.2, 0.25) is 5.91 Å². The SMILES string of the molecule is Cl.O=C(C1CCCNC1)N1CCCCC1. The molecule has 4 heteroatoms. The predicted molar refractivity (Wildman–Crippen MR) is 63.3 cm³/mol. The van der Waals surface area contributed by atoms with Gasteiger partial charge in [0.1, 0.15) is 0 Å². The molecule has 0 aliphatic carbocycles. The number of amides is 1. The highest BCUT2D eigenvalue weighted by molar-refractivity contribution is 5.85. The number of halogens is 1. The molecule has 2 saturated heterocycles. The lowest BCUT2D eigenvalue weighted by atomic mass is 9.97. The summed E-state index contributed by atoms with van der Waals surface area (Å²) in [5.74, 6) is 0.666. The Balaban J connectivity index is 0.00000112. The number of likely N-dealkylation sites (tertiary alicyclic amines) is 1. The minimum Gasteiger partial charge on any atom is -0.342 e. The largest absolute Gasteiger partial charge is 0.342 e. The van der Waals surface area contributed by atoms with Crippen LogP contribution in [0.1, 0.15) is 32.1 Å². The molecule has 0 aromatic carbocycles. The molecule has 1 unspecified atom stereocenters. The number of rotatable bonds is 1. The minimum absolute atomic E-state index is 0. The first kappa shape index (κ1) is 12.8. The van der Waals surface area contributed by atoms with Gasteiger partial charge >= 0.3 is 0 Å². The first-order chi connectivity index (χ1) is 6.88. The van der Waals surface area contributed by atoms with Crippen molar-refractivity contribution in [2.75, 3.05) is 26.2 Å². The van der Waals surface area contributed by atoms with Crippen LogP contribution in [0.4, 0.5) is 0 Å². The Bertz CT molecular complexity index is 179. The number of nitrogens with zero attached hydrogens (tertiary/aromatic N) is 1. The Kier molecular flexibility index (Phi) is 5.40. The van der Waals surface area contributed by atoms with Gasteiger partial charge < -0.3 is 10.2 Å². The van der Waals surface area contributed by atoms with Crippen molar-refractivity contribution in [3.63, 3.8) is 0 Å². The molecule has 0 aromatic heterocycles. The van der Waals surface area contributed by atoms with Crippen molar-refractivity contribution in [3.05, 3.63) is 0 Å². The summed E-state index contributed by atoms with van der Waals surface area (Å²) in [6, 6.07) is 0. The van der Waals surface area contributed by atoms with Crippen molar-refractivity contribution in [2.45, 2.75) is 32.1 Å². The van der Waals surface area contributed by atoms with Crippen LogP contribution in [0.3, 0.4) is 0 Å². The summed E-state index contributed by atoms with van der Waals surface area (Å²) in [7, 11) is 0. The second-order valence-corrected chi connectivity index (χ2v) is 4.43. The molecule has 0 aromatic rings. The lowest BCUT2D eigenvalue weighted by Gasteiger charge is -2.32. The highest BCUT2D eigenvalue weighted by Crippen LogP contribution is 2.17. The lowest BCUT2D eigenvalue weighted by Crippen LogP contribution is -2.44. The smallest absolute Gasteiger partial charge is 0.226 e. The van der Waals surface area contributed by atoms with Crippen molar-refractivity contribution in [1.82, 2.24) is 10.2 Å². The number of carbonyl (C=O) groups excluding carboxylic acids is 1. The van der Waals surface area contributed by atoms with Gasteiger partial charge in [-0.25, -0.2) is 0 Å². The molecule has 15 heavy (non-hydrogen) atoms. The van der Waals surface area contributed by atoms with Gasteiger partial charge in [0, 0.05) is 19.6 Å². The van der Waals surface area contributed by atoms with Gasteiger partial charge in [0.15, 0.2) is 0 Å². The maximum atomic E-state index is 12.0. The van der Waals surface area contributed by atoms with E-state index in [1.165, 1.54) is 19.3 Å². The standard InChI is InChI=1S/C11H20N2O.ClH/c14-11(10-5-4-6-12-9-10)13-7-2-1-3-8-13;/h10,12H,1-9H2;1H. The molecule has 2 rings (SSSR count). The average Bonchev–Trinajstić information content (AvgIpc) is 2.30. The van der Waals surface area contributed by atoms with Gasteiger partial charge in [0.25, 0.3) is 0 Å². The van der Waals surface area contributed by atoms with E-state index in [0.29, 0.717) is 5.91 Å². The number of hydrogen-bond donors (Lipinski definition) is 1. The second-order valence-electron chi connectivity index (χ2n) is 4.43. The summed E-state index contributed by atoms with van der Waals surface area (Å²) in [6.45, 7) is 3.98. The van der Waals surface area contributed by atoms with Crippen molar-refractivity contribution in [3.8, 4) is 0 Å². The predicted octanol–water partition coefficient (Wildman–Crippen LogP) is 1.42. The molecule has 3 nitrogen and oxygen atoms in total. The van der Waals surface area contributed by atoms with Crippen LogP contribution >= 0.6 is 12.4 Å².